The summed E-state index contributed by atoms with van der Waals surface area (Å²) in [6.45, 7) is 1.09. The van der Waals surface area contributed by atoms with Gasteiger partial charge in [-0.05, 0) is 18.6 Å². The summed E-state index contributed by atoms with van der Waals surface area (Å²) in [5.41, 5.74) is 0.856. The Morgan fingerprint density at radius 2 is 2.10 bits per heavy atom. The van der Waals surface area contributed by atoms with Crippen molar-refractivity contribution in [3.05, 3.63) is 36.5 Å². The molecule has 2 aromatic rings. The number of carbonyl (C=O) groups is 1. The molecule has 0 radical (unpaired) electrons. The minimum absolute atomic E-state index is 0. The van der Waals surface area contributed by atoms with Crippen LogP contribution in [0.25, 0.3) is 10.9 Å². The van der Waals surface area contributed by atoms with Crippen LogP contribution >= 0.6 is 24.0 Å². The lowest BCUT2D eigenvalue weighted by Crippen LogP contribution is -2.26. The average molecular weight is 315 g/mol. The number of aromatic nitrogens is 1. The van der Waals surface area contributed by atoms with Crippen molar-refractivity contribution in [2.24, 2.45) is 0 Å². The summed E-state index contributed by atoms with van der Waals surface area (Å²) >= 11 is 5.37. The number of hydrogen-bond donors (Lipinski definition) is 1. The van der Waals surface area contributed by atoms with E-state index >= 15 is 0 Å². The Hall–Kier alpha value is -1.52. The van der Waals surface area contributed by atoms with Gasteiger partial charge in [0.25, 0.3) is 0 Å². The van der Waals surface area contributed by atoms with Crippen LogP contribution < -0.4 is 10.1 Å². The van der Waals surface area contributed by atoms with Crippen LogP contribution in [0.2, 0.25) is 0 Å². The summed E-state index contributed by atoms with van der Waals surface area (Å²) < 4.78 is 5.69. The normalized spacial score (nSPS) is 9.85. The third-order valence-electron chi connectivity index (χ3n) is 2.62. The minimum atomic E-state index is -0.159. The topological polar surface area (TPSA) is 51.2 Å². The van der Waals surface area contributed by atoms with Crippen molar-refractivity contribution in [2.45, 2.75) is 6.42 Å². The third kappa shape index (κ3) is 4.54. The largest absolute Gasteiger partial charge is 0.491 e. The fourth-order valence-electron chi connectivity index (χ4n) is 1.72. The van der Waals surface area contributed by atoms with Gasteiger partial charge in [-0.25, -0.2) is 0 Å². The first kappa shape index (κ1) is 16.5. The molecular weight excluding hydrogens is 299 g/mol. The van der Waals surface area contributed by atoms with E-state index in [1.54, 1.807) is 6.20 Å². The van der Waals surface area contributed by atoms with E-state index < -0.39 is 0 Å². The zero-order valence-electron chi connectivity index (χ0n) is 10.8. The highest BCUT2D eigenvalue weighted by Gasteiger charge is 2.02. The summed E-state index contributed by atoms with van der Waals surface area (Å²) in [6.07, 6.45) is 2.47. The molecule has 0 saturated heterocycles. The summed E-state index contributed by atoms with van der Waals surface area (Å²) in [6, 6.07) is 9.72. The first-order valence-corrected chi connectivity index (χ1v) is 6.64. The Balaban J connectivity index is 0.00000200. The average Bonchev–Trinajstić information content (AvgIpc) is 2.46. The Bertz CT molecular complexity index is 558. The molecule has 1 heterocycles. The van der Waals surface area contributed by atoms with E-state index in [4.69, 9.17) is 16.3 Å². The van der Waals surface area contributed by atoms with Crippen molar-refractivity contribution in [1.29, 1.82) is 0 Å². The van der Waals surface area contributed by atoms with Crippen molar-refractivity contribution in [1.82, 2.24) is 10.3 Å². The molecule has 0 unspecified atom stereocenters. The van der Waals surface area contributed by atoms with E-state index in [2.05, 4.69) is 10.3 Å². The zero-order chi connectivity index (χ0) is 13.5. The van der Waals surface area contributed by atoms with E-state index in [0.29, 0.717) is 13.2 Å². The number of alkyl halides is 1. The maximum atomic E-state index is 10.9. The molecule has 4 nitrogen and oxygen atoms in total. The molecule has 20 heavy (non-hydrogen) atoms. The fraction of sp³-hybridized carbons (Fsp3) is 0.286. The maximum Gasteiger partial charge on any atom is 0.234 e. The lowest BCUT2D eigenvalue weighted by molar-refractivity contribution is -0.118. The monoisotopic (exact) mass is 314 g/mol. The van der Waals surface area contributed by atoms with Gasteiger partial charge in [0, 0.05) is 18.1 Å². The van der Waals surface area contributed by atoms with Gasteiger partial charge in [-0.3, -0.25) is 9.78 Å². The van der Waals surface area contributed by atoms with Gasteiger partial charge in [-0.15, -0.1) is 24.0 Å². The number of pyridine rings is 1. The number of benzene rings is 1. The molecule has 1 amide bonds. The minimum Gasteiger partial charge on any atom is -0.491 e. The molecule has 0 saturated carbocycles. The first-order chi connectivity index (χ1) is 9.31. The number of para-hydroxylation sites is 1. The lowest BCUT2D eigenvalue weighted by atomic mass is 10.2. The van der Waals surface area contributed by atoms with Gasteiger partial charge >= 0.3 is 0 Å². The van der Waals surface area contributed by atoms with Gasteiger partial charge in [0.15, 0.2) is 0 Å². The third-order valence-corrected chi connectivity index (χ3v) is 2.86. The molecule has 0 aliphatic heterocycles. The number of nitrogens with zero attached hydrogens (tertiary/aromatic N) is 1. The Labute approximate surface area is 128 Å². The summed E-state index contributed by atoms with van der Waals surface area (Å²) in [5.74, 6) is 0.601. The number of ether oxygens (including phenoxy) is 1. The van der Waals surface area contributed by atoms with Crippen molar-refractivity contribution in [2.75, 3.05) is 19.0 Å². The first-order valence-electron chi connectivity index (χ1n) is 6.10. The highest BCUT2D eigenvalue weighted by atomic mass is 35.5. The van der Waals surface area contributed by atoms with Gasteiger partial charge in [-0.1, -0.05) is 18.2 Å². The van der Waals surface area contributed by atoms with Gasteiger partial charge < -0.3 is 10.1 Å². The highest BCUT2D eigenvalue weighted by molar-refractivity contribution is 6.27. The molecule has 1 N–H and O–H groups in total. The zero-order valence-corrected chi connectivity index (χ0v) is 12.4. The molecular formula is C14H16Cl2N2O2. The van der Waals surface area contributed by atoms with E-state index in [-0.39, 0.29) is 24.2 Å². The van der Waals surface area contributed by atoms with Crippen LogP contribution in [0.5, 0.6) is 5.75 Å². The van der Waals surface area contributed by atoms with E-state index in [1.807, 2.05) is 30.3 Å². The molecule has 0 atom stereocenters. The summed E-state index contributed by atoms with van der Waals surface area (Å²) in [5, 5.41) is 3.74. The van der Waals surface area contributed by atoms with Crippen LogP contribution in [0.15, 0.2) is 36.5 Å². The van der Waals surface area contributed by atoms with E-state index in [9.17, 15) is 4.79 Å². The number of fused-ring (bicyclic) bond motifs is 1. The van der Waals surface area contributed by atoms with Crippen LogP contribution in [0.4, 0.5) is 0 Å². The molecule has 0 spiro atoms. The molecule has 6 heteroatoms. The number of amides is 1. The van der Waals surface area contributed by atoms with Crippen LogP contribution in [0.3, 0.4) is 0 Å². The summed E-state index contributed by atoms with van der Waals surface area (Å²) in [7, 11) is 0. The molecule has 0 aliphatic carbocycles. The van der Waals surface area contributed by atoms with E-state index in [0.717, 1.165) is 23.1 Å². The second-order valence-electron chi connectivity index (χ2n) is 4.02. The summed E-state index contributed by atoms with van der Waals surface area (Å²) in [4.78, 5) is 15.2. The smallest absolute Gasteiger partial charge is 0.234 e. The van der Waals surface area contributed by atoms with E-state index in [1.165, 1.54) is 0 Å². The van der Waals surface area contributed by atoms with Crippen LogP contribution in [-0.2, 0) is 4.79 Å². The van der Waals surface area contributed by atoms with Crippen molar-refractivity contribution < 1.29 is 9.53 Å². The second kappa shape index (κ2) is 8.61. The van der Waals surface area contributed by atoms with Crippen molar-refractivity contribution in [3.8, 4) is 5.75 Å². The maximum absolute atomic E-state index is 10.9. The molecule has 108 valence electrons. The molecule has 1 aromatic heterocycles. The van der Waals surface area contributed by atoms with Crippen LogP contribution in [-0.4, -0.2) is 29.9 Å². The fourth-order valence-corrected chi connectivity index (χ4v) is 1.82. The number of hydrogen-bond acceptors (Lipinski definition) is 3. The van der Waals surface area contributed by atoms with Crippen molar-refractivity contribution in [3.63, 3.8) is 0 Å². The SMILES string of the molecule is Cl.O=C(CCl)NCCCOc1cccc2cccnc12. The van der Waals surface area contributed by atoms with Gasteiger partial charge in [-0.2, -0.15) is 0 Å². The quantitative estimate of drug-likeness (QED) is 0.659. The highest BCUT2D eigenvalue weighted by Crippen LogP contribution is 2.22. The van der Waals surface area contributed by atoms with Crippen molar-refractivity contribution >= 4 is 40.8 Å². The predicted molar refractivity (Wildman–Crippen MR) is 82.8 cm³/mol. The van der Waals surface area contributed by atoms with Crippen LogP contribution in [0.1, 0.15) is 6.42 Å². The second-order valence-corrected chi connectivity index (χ2v) is 4.28. The molecule has 1 aromatic carbocycles. The Morgan fingerprint density at radius 3 is 2.90 bits per heavy atom. The molecule has 0 bridgehead atoms. The number of nitrogens with one attached hydrogen (secondary N) is 1. The number of rotatable bonds is 6. The Kier molecular flexibility index (Phi) is 7.12. The molecule has 0 aliphatic rings. The number of halogens is 2. The number of carbonyl (C=O) groups excluding carboxylic acids is 1. The standard InChI is InChI=1S/C14H15ClN2O2.ClH/c15-10-13(18)16-8-3-9-19-12-6-1-4-11-5-2-7-17-14(11)12;/h1-2,4-7H,3,8-10H2,(H,16,18);1H. The molecule has 2 rings (SSSR count). The lowest BCUT2D eigenvalue weighted by Gasteiger charge is -2.08. The predicted octanol–water partition coefficient (Wildman–Crippen LogP) is 2.78. The Morgan fingerprint density at radius 1 is 1.30 bits per heavy atom. The van der Waals surface area contributed by atoms with Gasteiger partial charge in [0.2, 0.25) is 5.91 Å². The van der Waals surface area contributed by atoms with Gasteiger partial charge in [0.1, 0.15) is 17.1 Å². The molecule has 0 fully saturated rings. The van der Waals surface area contributed by atoms with Gasteiger partial charge in [0.05, 0.1) is 6.61 Å². The van der Waals surface area contributed by atoms with Crippen LogP contribution in [0, 0.1) is 0 Å².